The smallest absolute Gasteiger partial charge is 0.409 e. The van der Waals surface area contributed by atoms with E-state index in [1.54, 1.807) is 0 Å². The van der Waals surface area contributed by atoms with E-state index in [2.05, 4.69) is 14.5 Å². The summed E-state index contributed by atoms with van der Waals surface area (Å²) in [6.45, 7) is 0. The van der Waals surface area contributed by atoms with E-state index in [4.69, 9.17) is 10.9 Å². The predicted octanol–water partition coefficient (Wildman–Crippen LogP) is 2.80. The molecule has 1 heterocycles. The Morgan fingerprint density at radius 1 is 1.40 bits per heavy atom. The van der Waals surface area contributed by atoms with Gasteiger partial charge in [-0.05, 0) is 29.7 Å². The van der Waals surface area contributed by atoms with Crippen LogP contribution in [0.3, 0.4) is 0 Å². The molecule has 20 heavy (non-hydrogen) atoms. The minimum atomic E-state index is -4.61. The average molecular weight is 320 g/mol. The van der Waals surface area contributed by atoms with Crippen LogP contribution in [0.2, 0.25) is 0 Å². The summed E-state index contributed by atoms with van der Waals surface area (Å²) >= 11 is 2.13. The van der Waals surface area contributed by atoms with E-state index < -0.39 is 17.6 Å². The van der Waals surface area contributed by atoms with E-state index in [1.165, 1.54) is 12.4 Å². The fraction of sp³-hybridized carbons (Fsp3) is 0.100. The van der Waals surface area contributed by atoms with E-state index >= 15 is 0 Å². The highest BCUT2D eigenvalue weighted by Gasteiger charge is 2.34. The Hall–Kier alpha value is -1.81. The highest BCUT2D eigenvalue weighted by Crippen LogP contribution is 2.36. The van der Waals surface area contributed by atoms with Crippen LogP contribution < -0.4 is 5.73 Å². The molecule has 0 aliphatic rings. The first-order valence-corrected chi connectivity index (χ1v) is 6.64. The van der Waals surface area contributed by atoms with Crippen LogP contribution in [0.15, 0.2) is 38.9 Å². The van der Waals surface area contributed by atoms with E-state index in [0.717, 1.165) is 35.4 Å². The third-order valence-corrected chi connectivity index (χ3v) is 3.93. The van der Waals surface area contributed by atoms with Gasteiger partial charge in [0.1, 0.15) is 6.33 Å². The van der Waals surface area contributed by atoms with Crippen molar-refractivity contribution in [2.45, 2.75) is 15.4 Å². The molecule has 0 fully saturated rings. The summed E-state index contributed by atoms with van der Waals surface area (Å²) in [6, 6.07) is 3.52. The van der Waals surface area contributed by atoms with E-state index in [0.29, 0.717) is 9.24 Å². The van der Waals surface area contributed by atoms with Crippen molar-refractivity contribution in [2.24, 2.45) is 10.9 Å². The lowest BCUT2D eigenvalue weighted by molar-refractivity contribution is -0.137. The van der Waals surface area contributed by atoms with E-state index in [1.807, 2.05) is 0 Å². The molecule has 0 bridgehead atoms. The summed E-state index contributed by atoms with van der Waals surface area (Å²) in [5.41, 5.74) is 3.91. The predicted molar refractivity (Wildman–Crippen MR) is 68.0 cm³/mol. The van der Waals surface area contributed by atoms with E-state index in [-0.39, 0.29) is 5.56 Å². The van der Waals surface area contributed by atoms with Crippen molar-refractivity contribution in [3.63, 3.8) is 0 Å². The summed E-state index contributed by atoms with van der Waals surface area (Å²) in [4.78, 5) is 4.21. The maximum Gasteiger partial charge on any atom is 0.417 e. The lowest BCUT2D eigenvalue weighted by Crippen LogP contribution is -2.20. The summed E-state index contributed by atoms with van der Waals surface area (Å²) in [6.07, 6.45) is -3.29. The zero-order valence-corrected chi connectivity index (χ0v) is 11.3. The number of hydrogen-bond acceptors (Lipinski definition) is 6. The highest BCUT2D eigenvalue weighted by molar-refractivity contribution is 8.01. The second kappa shape index (κ2) is 5.67. The van der Waals surface area contributed by atoms with Gasteiger partial charge in [0.05, 0.1) is 5.56 Å². The number of nitrogens with zero attached hydrogens (tertiary/aromatic N) is 3. The number of oxime groups is 1. The van der Waals surface area contributed by atoms with Gasteiger partial charge in [-0.25, -0.2) is 4.98 Å². The van der Waals surface area contributed by atoms with Crippen molar-refractivity contribution >= 4 is 29.1 Å². The quantitative estimate of drug-likeness (QED) is 0.393. The molecule has 0 amide bonds. The molecule has 0 aliphatic heterocycles. The van der Waals surface area contributed by atoms with Crippen LogP contribution in [0.1, 0.15) is 11.1 Å². The summed E-state index contributed by atoms with van der Waals surface area (Å²) < 4.78 is 43.2. The van der Waals surface area contributed by atoms with Gasteiger partial charge < -0.3 is 10.9 Å². The molecule has 0 atom stereocenters. The standard InChI is InChI=1S/C10H7F3N4OS2/c11-10(12,13)7-3-5(19-9-15-4-16-20-9)1-2-6(7)8(14)17-18/h1-4,18H,(H2,14,17). The Balaban J connectivity index is 2.43. The van der Waals surface area contributed by atoms with Crippen LogP contribution in [-0.4, -0.2) is 20.4 Å². The number of hydrogen-bond donors (Lipinski definition) is 2. The van der Waals surface area contributed by atoms with Crippen LogP contribution in [-0.2, 0) is 6.18 Å². The lowest BCUT2D eigenvalue weighted by atomic mass is 10.1. The molecule has 1 aromatic heterocycles. The SMILES string of the molecule is N/C(=N/O)c1ccc(Sc2ncns2)cc1C(F)(F)F. The first kappa shape index (κ1) is 14.6. The highest BCUT2D eigenvalue weighted by atomic mass is 32.2. The molecule has 10 heteroatoms. The molecule has 1 aromatic carbocycles. The second-order valence-corrected chi connectivity index (χ2v) is 5.60. The van der Waals surface area contributed by atoms with Crippen LogP contribution in [0.5, 0.6) is 0 Å². The fourth-order valence-corrected chi connectivity index (χ4v) is 2.87. The zero-order chi connectivity index (χ0) is 14.8. The van der Waals surface area contributed by atoms with Crippen LogP contribution in [0, 0.1) is 0 Å². The number of nitrogens with two attached hydrogens (primary N) is 1. The molecule has 2 aromatic rings. The second-order valence-electron chi connectivity index (χ2n) is 3.50. The average Bonchev–Trinajstić information content (AvgIpc) is 2.89. The molecule has 2 rings (SSSR count). The number of benzene rings is 1. The van der Waals surface area contributed by atoms with Gasteiger partial charge in [0, 0.05) is 10.5 Å². The van der Waals surface area contributed by atoms with Gasteiger partial charge in [-0.2, -0.15) is 17.5 Å². The molecular weight excluding hydrogens is 313 g/mol. The number of rotatable bonds is 3. The number of amidine groups is 1. The molecule has 0 radical (unpaired) electrons. The molecule has 0 saturated carbocycles. The van der Waals surface area contributed by atoms with E-state index in [9.17, 15) is 13.2 Å². The van der Waals surface area contributed by atoms with Crippen molar-refractivity contribution in [2.75, 3.05) is 0 Å². The molecule has 0 unspecified atom stereocenters. The minimum Gasteiger partial charge on any atom is -0.409 e. The Bertz CT molecular complexity index is 628. The molecule has 0 saturated heterocycles. The lowest BCUT2D eigenvalue weighted by Gasteiger charge is -2.13. The molecule has 0 spiro atoms. The first-order valence-electron chi connectivity index (χ1n) is 5.05. The van der Waals surface area contributed by atoms with Gasteiger partial charge in [-0.1, -0.05) is 16.9 Å². The van der Waals surface area contributed by atoms with Crippen molar-refractivity contribution in [3.8, 4) is 0 Å². The number of alkyl halides is 3. The molecule has 0 aliphatic carbocycles. The van der Waals surface area contributed by atoms with Gasteiger partial charge in [-0.3, -0.25) is 0 Å². The topological polar surface area (TPSA) is 84.4 Å². The van der Waals surface area contributed by atoms with Gasteiger partial charge in [0.2, 0.25) is 0 Å². The Labute approximate surface area is 119 Å². The Morgan fingerprint density at radius 2 is 2.15 bits per heavy atom. The Morgan fingerprint density at radius 3 is 2.70 bits per heavy atom. The molecular formula is C10H7F3N4OS2. The fourth-order valence-electron chi connectivity index (χ4n) is 1.41. The van der Waals surface area contributed by atoms with Crippen LogP contribution in [0.25, 0.3) is 0 Å². The van der Waals surface area contributed by atoms with Crippen molar-refractivity contribution < 1.29 is 18.4 Å². The molecule has 106 valence electrons. The zero-order valence-electron chi connectivity index (χ0n) is 9.63. The van der Waals surface area contributed by atoms with Gasteiger partial charge in [0.15, 0.2) is 10.2 Å². The van der Waals surface area contributed by atoms with Crippen LogP contribution in [0.4, 0.5) is 13.2 Å². The van der Waals surface area contributed by atoms with Crippen LogP contribution >= 0.6 is 23.3 Å². The van der Waals surface area contributed by atoms with Crippen molar-refractivity contribution in [3.05, 3.63) is 35.7 Å². The maximum absolute atomic E-state index is 13.0. The summed E-state index contributed by atoms with van der Waals surface area (Å²) in [5.74, 6) is -0.593. The molecule has 3 N–H and O–H groups in total. The largest absolute Gasteiger partial charge is 0.417 e. The van der Waals surface area contributed by atoms with Crippen molar-refractivity contribution in [1.29, 1.82) is 0 Å². The summed E-state index contributed by atoms with van der Waals surface area (Å²) in [5, 5.41) is 11.1. The monoisotopic (exact) mass is 320 g/mol. The van der Waals surface area contributed by atoms with Gasteiger partial charge in [0.25, 0.3) is 0 Å². The first-order chi connectivity index (χ1) is 9.41. The normalized spacial score (nSPS) is 12.7. The minimum absolute atomic E-state index is 0.337. The van der Waals surface area contributed by atoms with Gasteiger partial charge >= 0.3 is 6.18 Å². The molecule has 5 nitrogen and oxygen atoms in total. The number of aromatic nitrogens is 2. The number of halogens is 3. The third-order valence-electron chi connectivity index (χ3n) is 2.23. The Kier molecular flexibility index (Phi) is 4.14. The van der Waals surface area contributed by atoms with Gasteiger partial charge in [-0.15, -0.1) is 0 Å². The van der Waals surface area contributed by atoms with Crippen molar-refractivity contribution in [1.82, 2.24) is 9.36 Å². The maximum atomic E-state index is 13.0. The summed E-state index contributed by atoms with van der Waals surface area (Å²) in [7, 11) is 0. The third kappa shape index (κ3) is 3.20.